The predicted molar refractivity (Wildman–Crippen MR) is 50.3 cm³/mol. The van der Waals surface area contributed by atoms with E-state index in [0.29, 0.717) is 29.6 Å². The Kier molecular flexibility index (Phi) is 2.18. The first-order valence-electron chi connectivity index (χ1n) is 5.31. The van der Waals surface area contributed by atoms with Crippen LogP contribution in [0, 0.1) is 17.3 Å². The Morgan fingerprint density at radius 3 is 3.08 bits per heavy atom. The van der Waals surface area contributed by atoms with E-state index in [2.05, 4.69) is 6.92 Å². The van der Waals surface area contributed by atoms with Crippen LogP contribution in [0.1, 0.15) is 39.0 Å². The fraction of sp³-hybridized carbons (Fsp3) is 0.909. The van der Waals surface area contributed by atoms with Crippen LogP contribution in [-0.2, 0) is 4.79 Å². The molecule has 1 N–H and O–H groups in total. The van der Waals surface area contributed by atoms with E-state index < -0.39 is 0 Å². The average Bonchev–Trinajstić information content (AvgIpc) is 2.89. The fourth-order valence-electron chi connectivity index (χ4n) is 2.89. The van der Waals surface area contributed by atoms with E-state index in [4.69, 9.17) is 5.11 Å². The number of hydrogen-bond acceptors (Lipinski definition) is 2. The summed E-state index contributed by atoms with van der Waals surface area (Å²) in [5.41, 5.74) is 0.362. The van der Waals surface area contributed by atoms with Gasteiger partial charge in [-0.2, -0.15) is 0 Å². The second-order valence-corrected chi connectivity index (χ2v) is 4.90. The molecule has 0 aromatic rings. The van der Waals surface area contributed by atoms with Crippen molar-refractivity contribution in [2.24, 2.45) is 17.3 Å². The molecule has 0 amide bonds. The van der Waals surface area contributed by atoms with Crippen LogP contribution in [0.25, 0.3) is 0 Å². The first-order valence-corrected chi connectivity index (χ1v) is 5.31. The minimum Gasteiger partial charge on any atom is -0.396 e. The maximum absolute atomic E-state index is 11.3. The van der Waals surface area contributed by atoms with Crippen molar-refractivity contribution in [1.82, 2.24) is 0 Å². The topological polar surface area (TPSA) is 37.3 Å². The van der Waals surface area contributed by atoms with Gasteiger partial charge in [0.15, 0.2) is 0 Å². The van der Waals surface area contributed by atoms with Crippen molar-refractivity contribution in [3.8, 4) is 0 Å². The smallest absolute Gasteiger partial charge is 0.136 e. The van der Waals surface area contributed by atoms with Gasteiger partial charge in [-0.15, -0.1) is 0 Å². The molecule has 0 bridgehead atoms. The molecule has 13 heavy (non-hydrogen) atoms. The van der Waals surface area contributed by atoms with Crippen molar-refractivity contribution in [1.29, 1.82) is 0 Å². The van der Waals surface area contributed by atoms with Gasteiger partial charge in [-0.05, 0) is 37.0 Å². The number of rotatable bonds is 3. The molecule has 2 rings (SSSR count). The number of aliphatic hydroxyl groups excluding tert-OH is 1. The highest BCUT2D eigenvalue weighted by Gasteiger charge is 2.55. The van der Waals surface area contributed by atoms with E-state index in [-0.39, 0.29) is 0 Å². The minimum atomic E-state index is 0.293. The van der Waals surface area contributed by atoms with Gasteiger partial charge in [0.1, 0.15) is 5.78 Å². The lowest BCUT2D eigenvalue weighted by Crippen LogP contribution is -2.28. The molecule has 0 aromatic carbocycles. The third-order valence-electron chi connectivity index (χ3n) is 3.95. The molecule has 0 heterocycles. The first kappa shape index (κ1) is 9.20. The second-order valence-electron chi connectivity index (χ2n) is 4.90. The quantitative estimate of drug-likeness (QED) is 0.722. The number of aliphatic hydroxyl groups is 1. The van der Waals surface area contributed by atoms with Crippen molar-refractivity contribution in [3.05, 3.63) is 0 Å². The zero-order valence-corrected chi connectivity index (χ0v) is 8.25. The van der Waals surface area contributed by atoms with Crippen LogP contribution in [0.2, 0.25) is 0 Å². The summed E-state index contributed by atoms with van der Waals surface area (Å²) in [5.74, 6) is 1.55. The van der Waals surface area contributed by atoms with Gasteiger partial charge in [0.05, 0.1) is 0 Å². The highest BCUT2D eigenvalue weighted by atomic mass is 16.2. The van der Waals surface area contributed by atoms with Crippen molar-refractivity contribution in [2.45, 2.75) is 39.0 Å². The molecule has 2 fully saturated rings. The summed E-state index contributed by atoms with van der Waals surface area (Å²) in [5, 5.41) is 8.80. The molecule has 0 radical (unpaired) electrons. The second kappa shape index (κ2) is 3.09. The van der Waals surface area contributed by atoms with Crippen LogP contribution < -0.4 is 0 Å². The molecular weight excluding hydrogens is 164 g/mol. The zero-order valence-electron chi connectivity index (χ0n) is 8.25. The molecule has 0 aromatic heterocycles. The van der Waals surface area contributed by atoms with Gasteiger partial charge in [-0.1, -0.05) is 6.92 Å². The lowest BCUT2D eigenvalue weighted by atomic mass is 9.72. The van der Waals surface area contributed by atoms with Crippen molar-refractivity contribution < 1.29 is 9.90 Å². The molecule has 2 saturated carbocycles. The van der Waals surface area contributed by atoms with Gasteiger partial charge in [-0.25, -0.2) is 0 Å². The van der Waals surface area contributed by atoms with Gasteiger partial charge in [-0.3, -0.25) is 4.79 Å². The Bertz CT molecular complexity index is 224. The number of fused-ring (bicyclic) bond motifs is 1. The van der Waals surface area contributed by atoms with E-state index in [1.54, 1.807) is 0 Å². The Labute approximate surface area is 79.3 Å². The van der Waals surface area contributed by atoms with Crippen molar-refractivity contribution in [3.63, 3.8) is 0 Å². The Balaban J connectivity index is 1.96. The van der Waals surface area contributed by atoms with Gasteiger partial charge in [0.2, 0.25) is 0 Å². The summed E-state index contributed by atoms with van der Waals surface area (Å²) in [7, 11) is 0. The third kappa shape index (κ3) is 1.52. The summed E-state index contributed by atoms with van der Waals surface area (Å²) in [6.07, 6.45) is 4.95. The maximum atomic E-state index is 11.3. The summed E-state index contributed by atoms with van der Waals surface area (Å²) in [4.78, 5) is 11.3. The van der Waals surface area contributed by atoms with Crippen LogP contribution in [0.15, 0.2) is 0 Å². The largest absolute Gasteiger partial charge is 0.396 e. The highest BCUT2D eigenvalue weighted by Crippen LogP contribution is 2.59. The summed E-state index contributed by atoms with van der Waals surface area (Å²) < 4.78 is 0. The van der Waals surface area contributed by atoms with E-state index in [9.17, 15) is 4.79 Å². The Morgan fingerprint density at radius 1 is 1.62 bits per heavy atom. The molecule has 0 spiro atoms. The molecule has 2 aliphatic carbocycles. The number of hydrogen-bond donors (Lipinski definition) is 1. The summed E-state index contributed by atoms with van der Waals surface area (Å²) in [6, 6.07) is 0. The van der Waals surface area contributed by atoms with Crippen LogP contribution in [0.5, 0.6) is 0 Å². The molecule has 74 valence electrons. The first-order chi connectivity index (χ1) is 6.17. The molecule has 0 unspecified atom stereocenters. The van der Waals surface area contributed by atoms with E-state index in [1.807, 2.05) is 0 Å². The van der Waals surface area contributed by atoms with Crippen LogP contribution in [0.4, 0.5) is 0 Å². The lowest BCUT2D eigenvalue weighted by molar-refractivity contribution is -0.123. The van der Waals surface area contributed by atoms with E-state index >= 15 is 0 Å². The molecule has 0 aliphatic heterocycles. The molecule has 2 nitrogen and oxygen atoms in total. The van der Waals surface area contributed by atoms with Crippen LogP contribution >= 0.6 is 0 Å². The Morgan fingerprint density at radius 2 is 2.38 bits per heavy atom. The molecule has 2 heteroatoms. The van der Waals surface area contributed by atoms with Crippen molar-refractivity contribution in [2.75, 3.05) is 6.61 Å². The SMILES string of the molecule is C[C@]1(CCCO)CCC(=O)[C@H]2C[C@H]21. The molecule has 3 atom stereocenters. The lowest BCUT2D eigenvalue weighted by Gasteiger charge is -2.33. The van der Waals surface area contributed by atoms with Crippen LogP contribution in [0.3, 0.4) is 0 Å². The number of Topliss-reactive ketones (excluding diaryl/α,β-unsaturated/α-hetero) is 1. The minimum absolute atomic E-state index is 0.293. The van der Waals surface area contributed by atoms with Gasteiger partial charge in [0.25, 0.3) is 0 Å². The van der Waals surface area contributed by atoms with Crippen LogP contribution in [-0.4, -0.2) is 17.5 Å². The average molecular weight is 182 g/mol. The Hall–Kier alpha value is -0.370. The number of carbonyl (C=O) groups is 1. The molecule has 2 aliphatic rings. The predicted octanol–water partition coefficient (Wildman–Crippen LogP) is 1.76. The van der Waals surface area contributed by atoms with Gasteiger partial charge in [0, 0.05) is 18.9 Å². The normalized spacial score (nSPS) is 43.1. The van der Waals surface area contributed by atoms with E-state index in [0.717, 1.165) is 32.1 Å². The summed E-state index contributed by atoms with van der Waals surface area (Å²) in [6.45, 7) is 2.58. The number of ketones is 1. The number of carbonyl (C=O) groups excluding carboxylic acids is 1. The fourth-order valence-corrected chi connectivity index (χ4v) is 2.89. The molecular formula is C11H18O2. The maximum Gasteiger partial charge on any atom is 0.136 e. The standard InChI is InChI=1S/C11H18O2/c1-11(4-2-6-12)5-3-10(13)8-7-9(8)11/h8-9,12H,2-7H2,1H3/t8-,9+,11-/m0/s1. The summed E-state index contributed by atoms with van der Waals surface area (Å²) >= 11 is 0. The molecule has 0 saturated heterocycles. The van der Waals surface area contributed by atoms with Gasteiger partial charge >= 0.3 is 0 Å². The third-order valence-corrected chi connectivity index (χ3v) is 3.95. The van der Waals surface area contributed by atoms with E-state index in [1.165, 1.54) is 0 Å². The van der Waals surface area contributed by atoms with Crippen molar-refractivity contribution >= 4 is 5.78 Å². The van der Waals surface area contributed by atoms with Gasteiger partial charge < -0.3 is 5.11 Å². The monoisotopic (exact) mass is 182 g/mol. The highest BCUT2D eigenvalue weighted by molar-refractivity contribution is 5.85. The zero-order chi connectivity index (χ0) is 9.47.